The molecule has 0 amide bonds. The molecule has 0 aliphatic carbocycles. The second-order valence-electron chi connectivity index (χ2n) is 5.67. The standard InChI is InChI=1S/C19H18N2S/c1-20-12-11-14(15-7-3-4-8-16(15)20)13-19-21(2)17-9-5-6-10-18(17)22-19/h3-12H,13H2,1-2H3/q+2. The average molecular weight is 306 g/mol. The summed E-state index contributed by atoms with van der Waals surface area (Å²) in [5.41, 5.74) is 3.98. The first-order valence-corrected chi connectivity index (χ1v) is 8.28. The van der Waals surface area contributed by atoms with Gasteiger partial charge >= 0.3 is 0 Å². The monoisotopic (exact) mass is 306 g/mol. The first-order valence-electron chi connectivity index (χ1n) is 7.47. The normalized spacial score (nSPS) is 11.4. The van der Waals surface area contributed by atoms with Crippen molar-refractivity contribution >= 4 is 32.5 Å². The van der Waals surface area contributed by atoms with Crippen molar-refractivity contribution in [2.24, 2.45) is 14.1 Å². The van der Waals surface area contributed by atoms with Crippen molar-refractivity contribution in [1.82, 2.24) is 0 Å². The van der Waals surface area contributed by atoms with Crippen LogP contribution in [0, 0.1) is 0 Å². The summed E-state index contributed by atoms with van der Waals surface area (Å²) in [6.45, 7) is 0. The van der Waals surface area contributed by atoms with Gasteiger partial charge < -0.3 is 0 Å². The van der Waals surface area contributed by atoms with Crippen LogP contribution < -0.4 is 9.13 Å². The van der Waals surface area contributed by atoms with E-state index in [0.29, 0.717) is 0 Å². The molecule has 0 bridgehead atoms. The number of thiazole rings is 1. The Balaban J connectivity index is 1.86. The van der Waals surface area contributed by atoms with Crippen LogP contribution in [0.1, 0.15) is 10.6 Å². The Hall–Kier alpha value is -2.26. The molecule has 2 aromatic heterocycles. The van der Waals surface area contributed by atoms with E-state index in [-0.39, 0.29) is 0 Å². The number of rotatable bonds is 2. The van der Waals surface area contributed by atoms with Crippen LogP contribution in [-0.4, -0.2) is 0 Å². The lowest BCUT2D eigenvalue weighted by molar-refractivity contribution is -0.647. The molecule has 0 fully saturated rings. The molecule has 0 saturated carbocycles. The van der Waals surface area contributed by atoms with Gasteiger partial charge in [-0.2, -0.15) is 4.57 Å². The molecule has 0 aliphatic heterocycles. The van der Waals surface area contributed by atoms with Crippen molar-refractivity contribution < 1.29 is 9.13 Å². The smallest absolute Gasteiger partial charge is 0.201 e. The van der Waals surface area contributed by atoms with Gasteiger partial charge in [-0.15, -0.1) is 0 Å². The molecule has 3 heteroatoms. The molecular formula is C19H18N2S+2. The van der Waals surface area contributed by atoms with E-state index in [1.165, 1.54) is 31.7 Å². The van der Waals surface area contributed by atoms with Gasteiger partial charge in [0.25, 0.3) is 0 Å². The molecule has 0 unspecified atom stereocenters. The summed E-state index contributed by atoms with van der Waals surface area (Å²) in [4.78, 5) is 0. The summed E-state index contributed by atoms with van der Waals surface area (Å²) in [6, 6.07) is 19.5. The predicted molar refractivity (Wildman–Crippen MR) is 90.9 cm³/mol. The van der Waals surface area contributed by atoms with Crippen LogP contribution in [0.25, 0.3) is 21.1 Å². The van der Waals surface area contributed by atoms with E-state index in [9.17, 15) is 0 Å². The van der Waals surface area contributed by atoms with Crippen molar-refractivity contribution in [3.8, 4) is 0 Å². The third-order valence-corrected chi connectivity index (χ3v) is 5.52. The molecule has 108 valence electrons. The molecule has 4 rings (SSSR count). The SMILES string of the molecule is C[n+]1ccc(Cc2sc3ccccc3[n+]2C)c2ccccc21. The fourth-order valence-electron chi connectivity index (χ4n) is 3.05. The van der Waals surface area contributed by atoms with Crippen molar-refractivity contribution in [2.75, 3.05) is 0 Å². The lowest BCUT2D eigenvalue weighted by Gasteiger charge is -2.02. The minimum Gasteiger partial charge on any atom is -0.201 e. The second-order valence-corrected chi connectivity index (χ2v) is 6.78. The zero-order chi connectivity index (χ0) is 15.1. The zero-order valence-corrected chi connectivity index (χ0v) is 13.6. The fraction of sp³-hybridized carbons (Fsp3) is 0.158. The van der Waals surface area contributed by atoms with Crippen LogP contribution in [0.15, 0.2) is 60.8 Å². The first kappa shape index (κ1) is 13.4. The number of nitrogens with zero attached hydrogens (tertiary/aromatic N) is 2. The highest BCUT2D eigenvalue weighted by molar-refractivity contribution is 7.18. The van der Waals surface area contributed by atoms with Gasteiger partial charge in [-0.25, -0.2) is 4.57 Å². The van der Waals surface area contributed by atoms with Crippen LogP contribution in [0.5, 0.6) is 0 Å². The Morgan fingerprint density at radius 2 is 1.59 bits per heavy atom. The Bertz CT molecular complexity index is 985. The van der Waals surface area contributed by atoms with E-state index in [1.54, 1.807) is 0 Å². The molecular weight excluding hydrogens is 288 g/mol. The number of fused-ring (bicyclic) bond motifs is 2. The number of aromatic nitrogens is 2. The minimum absolute atomic E-state index is 0.969. The molecule has 4 aromatic rings. The molecule has 0 atom stereocenters. The van der Waals surface area contributed by atoms with Gasteiger partial charge in [0.15, 0.2) is 6.20 Å². The maximum Gasteiger partial charge on any atom is 0.242 e. The lowest BCUT2D eigenvalue weighted by Crippen LogP contribution is -2.31. The van der Waals surface area contributed by atoms with Crippen LogP contribution >= 0.6 is 11.3 Å². The van der Waals surface area contributed by atoms with Gasteiger partial charge in [0.1, 0.15) is 18.8 Å². The van der Waals surface area contributed by atoms with E-state index < -0.39 is 0 Å². The van der Waals surface area contributed by atoms with Crippen LogP contribution in [0.3, 0.4) is 0 Å². The van der Waals surface area contributed by atoms with Crippen LogP contribution in [-0.2, 0) is 20.5 Å². The van der Waals surface area contributed by atoms with Crippen LogP contribution in [0.4, 0.5) is 0 Å². The minimum atomic E-state index is 0.969. The Morgan fingerprint density at radius 3 is 2.41 bits per heavy atom. The molecule has 0 spiro atoms. The van der Waals surface area contributed by atoms with E-state index >= 15 is 0 Å². The number of para-hydroxylation sites is 2. The zero-order valence-electron chi connectivity index (χ0n) is 12.8. The number of hydrogen-bond donors (Lipinski definition) is 0. The van der Waals surface area contributed by atoms with Crippen molar-refractivity contribution in [2.45, 2.75) is 6.42 Å². The molecule has 0 N–H and O–H groups in total. The number of aryl methyl sites for hydroxylation is 2. The van der Waals surface area contributed by atoms with Gasteiger partial charge in [-0.1, -0.05) is 35.6 Å². The maximum atomic E-state index is 2.32. The maximum absolute atomic E-state index is 2.32. The summed E-state index contributed by atoms with van der Waals surface area (Å²) in [6.07, 6.45) is 3.13. The van der Waals surface area contributed by atoms with Crippen molar-refractivity contribution in [3.05, 3.63) is 71.4 Å². The Morgan fingerprint density at radius 1 is 0.864 bits per heavy atom. The second kappa shape index (κ2) is 5.18. The van der Waals surface area contributed by atoms with Gasteiger partial charge in [0.2, 0.25) is 16.0 Å². The summed E-state index contributed by atoms with van der Waals surface area (Å²) in [7, 11) is 4.27. The molecule has 22 heavy (non-hydrogen) atoms. The topological polar surface area (TPSA) is 7.76 Å². The molecule has 2 aromatic carbocycles. The van der Waals surface area contributed by atoms with Gasteiger partial charge in [0.05, 0.1) is 11.8 Å². The highest BCUT2D eigenvalue weighted by Crippen LogP contribution is 2.24. The predicted octanol–water partition coefficient (Wildman–Crippen LogP) is 3.29. The summed E-state index contributed by atoms with van der Waals surface area (Å²) in [5, 5.41) is 2.73. The summed E-state index contributed by atoms with van der Waals surface area (Å²) in [5.74, 6) is 0. The van der Waals surface area contributed by atoms with Crippen molar-refractivity contribution in [1.29, 1.82) is 0 Å². The van der Waals surface area contributed by atoms with Crippen LogP contribution in [0.2, 0.25) is 0 Å². The first-order chi connectivity index (χ1) is 10.7. The Kier molecular flexibility index (Phi) is 3.16. The van der Waals surface area contributed by atoms with Crippen molar-refractivity contribution in [3.63, 3.8) is 0 Å². The highest BCUT2D eigenvalue weighted by atomic mass is 32.1. The number of pyridine rings is 1. The molecule has 0 radical (unpaired) electrons. The molecule has 2 nitrogen and oxygen atoms in total. The number of hydrogen-bond acceptors (Lipinski definition) is 1. The van der Waals surface area contributed by atoms with Gasteiger partial charge in [-0.3, -0.25) is 0 Å². The van der Waals surface area contributed by atoms with E-state index in [4.69, 9.17) is 0 Å². The van der Waals surface area contributed by atoms with E-state index in [1.807, 2.05) is 11.3 Å². The highest BCUT2D eigenvalue weighted by Gasteiger charge is 2.19. The molecule has 0 saturated heterocycles. The largest absolute Gasteiger partial charge is 0.242 e. The molecule has 0 aliphatic rings. The summed E-state index contributed by atoms with van der Waals surface area (Å²) >= 11 is 1.89. The summed E-state index contributed by atoms with van der Waals surface area (Å²) < 4.78 is 5.86. The fourth-order valence-corrected chi connectivity index (χ4v) is 4.22. The molecule has 2 heterocycles. The Labute approximate surface area is 133 Å². The third-order valence-electron chi connectivity index (χ3n) is 4.30. The average Bonchev–Trinajstić information content (AvgIpc) is 2.87. The third kappa shape index (κ3) is 2.09. The van der Waals surface area contributed by atoms with Gasteiger partial charge in [0, 0.05) is 18.2 Å². The van der Waals surface area contributed by atoms with E-state index in [2.05, 4.69) is 84.0 Å². The van der Waals surface area contributed by atoms with E-state index in [0.717, 1.165) is 6.42 Å². The number of benzene rings is 2. The van der Waals surface area contributed by atoms with Gasteiger partial charge in [-0.05, 0) is 17.7 Å². The lowest BCUT2D eigenvalue weighted by atomic mass is 10.1. The quantitative estimate of drug-likeness (QED) is 0.502.